The quantitative estimate of drug-likeness (QED) is 0.337. The Morgan fingerprint density at radius 3 is 2.41 bits per heavy atom. The van der Waals surface area contributed by atoms with E-state index in [1.807, 2.05) is 48.5 Å². The monoisotopic (exact) mass is 524 g/mol. The van der Waals surface area contributed by atoms with Crippen LogP contribution in [-0.4, -0.2) is 60.9 Å². The third-order valence-corrected chi connectivity index (χ3v) is 8.19. The lowest BCUT2D eigenvalue weighted by Crippen LogP contribution is -2.54. The summed E-state index contributed by atoms with van der Waals surface area (Å²) < 4.78 is 28.2. The van der Waals surface area contributed by atoms with Crippen LogP contribution in [-0.2, 0) is 26.2 Å². The lowest BCUT2D eigenvalue weighted by molar-refractivity contribution is -0.142. The highest BCUT2D eigenvalue weighted by atomic mass is 32.2. The second kappa shape index (κ2) is 11.4. The number of carboxylic acid groups (broad SMARTS) is 1. The van der Waals surface area contributed by atoms with Crippen LogP contribution in [0.2, 0.25) is 0 Å². The maximum Gasteiger partial charge on any atom is 0.328 e. The molecule has 11 heteroatoms. The number of nitrogens with zero attached hydrogens (tertiary/aromatic N) is 1. The standard InChI is InChI=1S/C26H28N4O6S/c31-24(29-21(25(32)33)17-28-26(34)27-16-18-8-2-1-3-9-18)22-13-7-15-30(22)37(35,36)23-14-6-11-19-10-4-5-12-20(19)23/h1-6,8-12,14,21-22H,7,13,15-17H2,(H,29,31)(H,32,33)(H2,27,28,34)/t21-,22-/m0/s1. The summed E-state index contributed by atoms with van der Waals surface area (Å²) in [6.07, 6.45) is 0.715. The number of rotatable bonds is 9. The highest BCUT2D eigenvalue weighted by Gasteiger charge is 2.41. The van der Waals surface area contributed by atoms with E-state index in [0.717, 1.165) is 15.3 Å². The van der Waals surface area contributed by atoms with E-state index >= 15 is 0 Å². The number of carboxylic acids is 1. The number of urea groups is 1. The van der Waals surface area contributed by atoms with Gasteiger partial charge in [-0.3, -0.25) is 4.79 Å². The summed E-state index contributed by atoms with van der Waals surface area (Å²) in [6, 6.07) is 18.1. The molecule has 194 valence electrons. The number of nitrogens with one attached hydrogen (secondary N) is 3. The number of hydrogen-bond donors (Lipinski definition) is 4. The Kier molecular flexibility index (Phi) is 8.04. The van der Waals surface area contributed by atoms with Crippen molar-refractivity contribution in [3.8, 4) is 0 Å². The third-order valence-electron chi connectivity index (χ3n) is 6.22. The molecule has 10 nitrogen and oxygen atoms in total. The lowest BCUT2D eigenvalue weighted by Gasteiger charge is -2.25. The Labute approximate surface area is 214 Å². The molecule has 0 spiro atoms. The summed E-state index contributed by atoms with van der Waals surface area (Å²) >= 11 is 0. The zero-order chi connectivity index (χ0) is 26.4. The van der Waals surface area contributed by atoms with E-state index in [9.17, 15) is 27.9 Å². The number of carbonyl (C=O) groups excluding carboxylic acids is 2. The smallest absolute Gasteiger partial charge is 0.328 e. The maximum atomic E-state index is 13.6. The van der Waals surface area contributed by atoms with E-state index in [2.05, 4.69) is 16.0 Å². The van der Waals surface area contributed by atoms with Gasteiger partial charge >= 0.3 is 12.0 Å². The predicted molar refractivity (Wildman–Crippen MR) is 137 cm³/mol. The number of sulfonamides is 1. The van der Waals surface area contributed by atoms with Crippen molar-refractivity contribution in [3.05, 3.63) is 78.4 Å². The molecular weight excluding hydrogens is 496 g/mol. The van der Waals surface area contributed by atoms with Crippen LogP contribution >= 0.6 is 0 Å². The molecule has 1 heterocycles. The van der Waals surface area contributed by atoms with Crippen LogP contribution in [0.3, 0.4) is 0 Å². The van der Waals surface area contributed by atoms with Crippen molar-refractivity contribution in [2.45, 2.75) is 36.4 Å². The van der Waals surface area contributed by atoms with Gasteiger partial charge < -0.3 is 21.1 Å². The van der Waals surface area contributed by atoms with Crippen LogP contribution in [0.1, 0.15) is 18.4 Å². The van der Waals surface area contributed by atoms with E-state index < -0.39 is 40.0 Å². The molecule has 1 aliphatic heterocycles. The molecule has 0 radical (unpaired) electrons. The fourth-order valence-corrected chi connectivity index (χ4v) is 6.21. The maximum absolute atomic E-state index is 13.6. The molecule has 0 bridgehead atoms. The fourth-order valence-electron chi connectivity index (χ4n) is 4.34. The summed E-state index contributed by atoms with van der Waals surface area (Å²) in [5.74, 6) is -2.07. The van der Waals surface area contributed by atoms with E-state index in [-0.39, 0.29) is 31.0 Å². The number of amides is 3. The number of benzene rings is 3. The molecule has 0 aliphatic carbocycles. The van der Waals surface area contributed by atoms with Gasteiger partial charge in [0, 0.05) is 18.5 Å². The van der Waals surface area contributed by atoms with Crippen LogP contribution in [0, 0.1) is 0 Å². The van der Waals surface area contributed by atoms with Gasteiger partial charge in [-0.2, -0.15) is 4.31 Å². The molecule has 1 aliphatic rings. The third kappa shape index (κ3) is 6.07. The van der Waals surface area contributed by atoms with Crippen molar-refractivity contribution < 1.29 is 27.9 Å². The van der Waals surface area contributed by atoms with Gasteiger partial charge in [-0.25, -0.2) is 18.0 Å². The Bertz CT molecular complexity index is 1390. The molecule has 1 fully saturated rings. The first-order valence-corrected chi connectivity index (χ1v) is 13.3. The van der Waals surface area contributed by atoms with E-state index in [4.69, 9.17) is 0 Å². The number of fused-ring (bicyclic) bond motifs is 1. The predicted octanol–water partition coefficient (Wildman–Crippen LogP) is 2.06. The molecule has 2 atom stereocenters. The van der Waals surface area contributed by atoms with Gasteiger partial charge in [0.2, 0.25) is 15.9 Å². The number of carbonyl (C=O) groups is 3. The number of hydrogen-bond acceptors (Lipinski definition) is 5. The molecule has 4 rings (SSSR count). The van der Waals surface area contributed by atoms with Crippen LogP contribution in [0.15, 0.2) is 77.7 Å². The summed E-state index contributed by atoms with van der Waals surface area (Å²) in [5, 5.41) is 18.3. The zero-order valence-electron chi connectivity index (χ0n) is 20.0. The molecule has 3 amide bonds. The summed E-state index contributed by atoms with van der Waals surface area (Å²) in [6.45, 7) is 0.0197. The van der Waals surface area contributed by atoms with Crippen LogP contribution < -0.4 is 16.0 Å². The van der Waals surface area contributed by atoms with Crippen molar-refractivity contribution in [2.75, 3.05) is 13.1 Å². The first kappa shape index (κ1) is 26.1. The highest BCUT2D eigenvalue weighted by Crippen LogP contribution is 2.30. The minimum absolute atomic E-state index is 0.0943. The average molecular weight is 525 g/mol. The largest absolute Gasteiger partial charge is 0.480 e. The van der Waals surface area contributed by atoms with Gasteiger partial charge in [-0.05, 0) is 29.9 Å². The van der Waals surface area contributed by atoms with Gasteiger partial charge in [0.05, 0.1) is 11.4 Å². The van der Waals surface area contributed by atoms with Crippen LogP contribution in [0.25, 0.3) is 10.8 Å². The molecule has 3 aromatic rings. The molecule has 4 N–H and O–H groups in total. The normalized spacial score (nSPS) is 16.7. The average Bonchev–Trinajstić information content (AvgIpc) is 3.41. The topological polar surface area (TPSA) is 145 Å². The van der Waals surface area contributed by atoms with Gasteiger partial charge in [-0.15, -0.1) is 0 Å². The second-order valence-electron chi connectivity index (χ2n) is 8.70. The van der Waals surface area contributed by atoms with Crippen molar-refractivity contribution in [2.24, 2.45) is 0 Å². The number of aliphatic carboxylic acids is 1. The molecule has 0 unspecified atom stereocenters. The Balaban J connectivity index is 1.41. The molecule has 37 heavy (non-hydrogen) atoms. The molecule has 1 saturated heterocycles. The van der Waals surface area contributed by atoms with E-state index in [1.165, 1.54) is 6.07 Å². The van der Waals surface area contributed by atoms with Gasteiger partial charge in [-0.1, -0.05) is 66.7 Å². The van der Waals surface area contributed by atoms with Crippen LogP contribution in [0.5, 0.6) is 0 Å². The Morgan fingerprint density at radius 2 is 1.65 bits per heavy atom. The van der Waals surface area contributed by atoms with Crippen molar-refractivity contribution in [3.63, 3.8) is 0 Å². The minimum atomic E-state index is -4.03. The SMILES string of the molecule is O=C(NCc1ccccc1)NC[C@H](NC(=O)[C@@H]1CCCN1S(=O)(=O)c1cccc2ccccc12)C(=O)O. The molecular formula is C26H28N4O6S. The van der Waals surface area contributed by atoms with Crippen LogP contribution in [0.4, 0.5) is 4.79 Å². The van der Waals surface area contributed by atoms with E-state index in [1.54, 1.807) is 18.2 Å². The minimum Gasteiger partial charge on any atom is -0.480 e. The first-order chi connectivity index (χ1) is 17.8. The van der Waals surface area contributed by atoms with Crippen molar-refractivity contribution >= 4 is 38.7 Å². The van der Waals surface area contributed by atoms with Gasteiger partial charge in [0.25, 0.3) is 0 Å². The summed E-state index contributed by atoms with van der Waals surface area (Å²) in [4.78, 5) is 37.0. The second-order valence-corrected chi connectivity index (χ2v) is 10.6. The summed E-state index contributed by atoms with van der Waals surface area (Å²) in [7, 11) is -4.03. The van der Waals surface area contributed by atoms with Crippen molar-refractivity contribution in [1.29, 1.82) is 0 Å². The molecule has 3 aromatic carbocycles. The lowest BCUT2D eigenvalue weighted by atomic mass is 10.1. The van der Waals surface area contributed by atoms with Gasteiger partial charge in [0.15, 0.2) is 0 Å². The summed E-state index contributed by atoms with van der Waals surface area (Å²) in [5.41, 5.74) is 0.870. The first-order valence-electron chi connectivity index (χ1n) is 11.9. The molecule has 0 saturated carbocycles. The Hall–Kier alpha value is -3.96. The van der Waals surface area contributed by atoms with Gasteiger partial charge in [0.1, 0.15) is 12.1 Å². The highest BCUT2D eigenvalue weighted by molar-refractivity contribution is 7.89. The van der Waals surface area contributed by atoms with Crippen molar-refractivity contribution in [1.82, 2.24) is 20.3 Å². The fraction of sp³-hybridized carbons (Fsp3) is 0.269. The molecule has 0 aromatic heterocycles. The zero-order valence-corrected chi connectivity index (χ0v) is 20.8. The Morgan fingerprint density at radius 1 is 0.946 bits per heavy atom. The van der Waals surface area contributed by atoms with E-state index in [0.29, 0.717) is 11.8 Å².